The van der Waals surface area contributed by atoms with Crippen LogP contribution in [-0.2, 0) is 28.7 Å². The number of esters is 2. The molecule has 8 nitrogen and oxygen atoms in total. The van der Waals surface area contributed by atoms with Gasteiger partial charge in [0.05, 0.1) is 12.0 Å². The molecule has 5 aliphatic rings. The minimum atomic E-state index is -0.555. The van der Waals surface area contributed by atoms with Gasteiger partial charge in [-0.05, 0) is 118 Å². The first-order valence-corrected chi connectivity index (χ1v) is 19.6. The van der Waals surface area contributed by atoms with Crippen LogP contribution >= 0.6 is 0 Å². The van der Waals surface area contributed by atoms with Crippen molar-refractivity contribution in [3.63, 3.8) is 0 Å². The van der Waals surface area contributed by atoms with Crippen molar-refractivity contribution in [2.45, 2.75) is 159 Å². The summed E-state index contributed by atoms with van der Waals surface area (Å²) in [6.07, 6.45) is 11.3. The maximum atomic E-state index is 15.0. The third kappa shape index (κ3) is 6.62. The van der Waals surface area contributed by atoms with Crippen LogP contribution in [0.4, 0.5) is 0 Å². The third-order valence-corrected chi connectivity index (χ3v) is 15.0. The fourth-order valence-corrected chi connectivity index (χ4v) is 12.8. The van der Waals surface area contributed by atoms with Crippen LogP contribution in [0.5, 0.6) is 0 Å². The molecule has 0 aromatic rings. The molecule has 1 N–H and O–H groups in total. The number of rotatable bonds is 7. The van der Waals surface area contributed by atoms with Gasteiger partial charge >= 0.3 is 11.9 Å². The predicted octanol–water partition coefficient (Wildman–Crippen LogP) is 8.19. The van der Waals surface area contributed by atoms with Crippen molar-refractivity contribution in [1.29, 1.82) is 0 Å². The maximum absolute atomic E-state index is 15.0. The fraction of sp³-hybridized carbons (Fsp3) is 0.814. The molecule has 0 aliphatic heterocycles. The van der Waals surface area contributed by atoms with Crippen molar-refractivity contribution in [1.82, 2.24) is 10.2 Å². The zero-order valence-corrected chi connectivity index (χ0v) is 33.9. The monoisotopic (exact) mass is 709 g/mol. The van der Waals surface area contributed by atoms with E-state index in [0.717, 1.165) is 51.4 Å². The molecule has 0 unspecified atom stereocenters. The lowest BCUT2D eigenvalue weighted by Crippen LogP contribution is -2.68. The summed E-state index contributed by atoms with van der Waals surface area (Å²) < 4.78 is 12.0. The first kappa shape index (κ1) is 39.6. The molecule has 0 aromatic carbocycles. The average molecular weight is 709 g/mol. The van der Waals surface area contributed by atoms with Gasteiger partial charge in [0.25, 0.3) is 0 Å². The van der Waals surface area contributed by atoms with Gasteiger partial charge in [-0.2, -0.15) is 0 Å². The van der Waals surface area contributed by atoms with Crippen molar-refractivity contribution in [2.75, 3.05) is 13.1 Å². The summed E-state index contributed by atoms with van der Waals surface area (Å²) >= 11 is 0. The summed E-state index contributed by atoms with van der Waals surface area (Å²) in [6, 6.07) is 0. The first-order valence-electron chi connectivity index (χ1n) is 19.6. The molecule has 0 heterocycles. The zero-order chi connectivity index (χ0) is 38.2. The van der Waals surface area contributed by atoms with Gasteiger partial charge in [-0.15, -0.1) is 6.58 Å². The normalized spacial score (nSPS) is 39.4. The lowest BCUT2D eigenvalue weighted by molar-refractivity contribution is -0.244. The Hall–Kier alpha value is -2.64. The summed E-state index contributed by atoms with van der Waals surface area (Å²) in [7, 11) is 0. The van der Waals surface area contributed by atoms with Crippen molar-refractivity contribution in [2.24, 2.45) is 50.2 Å². The first-order chi connectivity index (χ1) is 23.4. The number of nitrogens with one attached hydrogen (secondary N) is 1. The molecule has 5 aliphatic carbocycles. The Bertz CT molecular complexity index is 1470. The highest BCUT2D eigenvalue weighted by Crippen LogP contribution is 2.76. The summed E-state index contributed by atoms with van der Waals surface area (Å²) in [5.41, 5.74) is -0.0963. The number of amides is 2. The van der Waals surface area contributed by atoms with Crippen molar-refractivity contribution < 1.29 is 28.7 Å². The van der Waals surface area contributed by atoms with Crippen LogP contribution in [0.25, 0.3) is 0 Å². The summed E-state index contributed by atoms with van der Waals surface area (Å²) in [4.78, 5) is 54.8. The number of hydrogen-bond donors (Lipinski definition) is 1. The van der Waals surface area contributed by atoms with Crippen LogP contribution < -0.4 is 5.32 Å². The Kier molecular flexibility index (Phi) is 10.1. The summed E-state index contributed by atoms with van der Waals surface area (Å²) in [5.74, 6) is -0.0246. The van der Waals surface area contributed by atoms with E-state index in [1.54, 1.807) is 11.0 Å². The number of allylic oxidation sites excluding steroid dienone is 2. The maximum Gasteiger partial charge on any atom is 0.303 e. The quantitative estimate of drug-likeness (QED) is 0.211. The van der Waals surface area contributed by atoms with Crippen LogP contribution in [-0.4, -0.2) is 59.5 Å². The lowest BCUT2D eigenvalue weighted by Gasteiger charge is -2.71. The molecule has 4 fully saturated rings. The molecule has 2 amide bonds. The second kappa shape index (κ2) is 13.0. The number of ether oxygens (including phenoxy) is 2. The molecule has 0 aromatic heterocycles. The highest BCUT2D eigenvalue weighted by molar-refractivity contribution is 5.89. The molecular weight excluding hydrogens is 640 g/mol. The molecular formula is C43H68N2O6. The SMILES string of the molecule is C=CCN(CC(=O)NC(C)(C)C)C(=O)[C@]12CCC(C)(C)C[C@H]1C1=CC[C@@H]3[C@@]4(C)C[C@@H](OC(C)=O)[C@H](OC(C)=O)C(C)(C)[C@@H]4CC[C@@]3(C)[C@]1(C)CC2. The molecule has 4 saturated carbocycles. The number of carbonyl (C=O) groups excluding carboxylic acids is 4. The summed E-state index contributed by atoms with van der Waals surface area (Å²) in [5, 5.41) is 3.06. The van der Waals surface area contributed by atoms with E-state index in [2.05, 4.69) is 66.4 Å². The smallest absolute Gasteiger partial charge is 0.303 e. The van der Waals surface area contributed by atoms with E-state index < -0.39 is 17.6 Å². The van der Waals surface area contributed by atoms with E-state index in [4.69, 9.17) is 9.47 Å². The predicted molar refractivity (Wildman–Crippen MR) is 200 cm³/mol. The minimum absolute atomic E-state index is 0.0312. The van der Waals surface area contributed by atoms with Crippen molar-refractivity contribution in [3.05, 3.63) is 24.3 Å². The minimum Gasteiger partial charge on any atom is -0.459 e. The van der Waals surface area contributed by atoms with Crippen LogP contribution in [0.1, 0.15) is 141 Å². The Morgan fingerprint density at radius 1 is 0.902 bits per heavy atom. The van der Waals surface area contributed by atoms with Gasteiger partial charge in [-0.1, -0.05) is 66.2 Å². The lowest BCUT2D eigenvalue weighted by atomic mass is 9.33. The molecule has 0 saturated heterocycles. The number of fused-ring (bicyclic) bond motifs is 7. The van der Waals surface area contributed by atoms with E-state index in [1.807, 2.05) is 20.8 Å². The Balaban J connectivity index is 1.56. The standard InChI is InChI=1S/C43H68N2O6/c1-14-23-45(26-34(48)44-37(4,5)6)36(49)43-21-19-38(7,8)24-30(43)29-15-16-33-40(11)25-31(50-27(2)46)35(51-28(3)47)39(9,10)32(40)17-18-42(33,13)41(29,12)20-22-43/h14-15,30-33,35H,1,16-26H2,2-13H3,(H,44,48)/t30-,31+,32-,33+,35-,40-,41+,42+,43-/m0/s1. The van der Waals surface area contributed by atoms with Crippen molar-refractivity contribution >= 4 is 23.8 Å². The van der Waals surface area contributed by atoms with Gasteiger partial charge in [-0.3, -0.25) is 19.2 Å². The van der Waals surface area contributed by atoms with Crippen molar-refractivity contribution in [3.8, 4) is 0 Å². The fourth-order valence-electron chi connectivity index (χ4n) is 12.8. The van der Waals surface area contributed by atoms with Crippen LogP contribution in [0.3, 0.4) is 0 Å². The second-order valence-corrected chi connectivity index (χ2v) is 20.3. The van der Waals surface area contributed by atoms with Gasteiger partial charge < -0.3 is 19.7 Å². The highest BCUT2D eigenvalue weighted by atomic mass is 16.6. The van der Waals surface area contributed by atoms with E-state index in [-0.39, 0.29) is 74.7 Å². The summed E-state index contributed by atoms with van der Waals surface area (Å²) in [6.45, 7) is 29.7. The largest absolute Gasteiger partial charge is 0.459 e. The molecule has 5 rings (SSSR count). The van der Waals surface area contributed by atoms with E-state index >= 15 is 4.79 Å². The Morgan fingerprint density at radius 2 is 1.53 bits per heavy atom. The van der Waals surface area contributed by atoms with Crippen LogP contribution in [0.2, 0.25) is 0 Å². The van der Waals surface area contributed by atoms with E-state index in [0.29, 0.717) is 18.9 Å². The van der Waals surface area contributed by atoms with Gasteiger partial charge in [0.2, 0.25) is 11.8 Å². The molecule has 0 bridgehead atoms. The average Bonchev–Trinajstić information content (AvgIpc) is 2.97. The van der Waals surface area contributed by atoms with Crippen LogP contribution in [0.15, 0.2) is 24.3 Å². The number of nitrogens with zero attached hydrogens (tertiary/aromatic N) is 1. The van der Waals surface area contributed by atoms with E-state index in [1.165, 1.54) is 19.4 Å². The Labute approximate surface area is 308 Å². The van der Waals surface area contributed by atoms with E-state index in [9.17, 15) is 14.4 Å². The molecule has 0 radical (unpaired) electrons. The van der Waals surface area contributed by atoms with Gasteiger partial charge in [0.1, 0.15) is 12.2 Å². The highest BCUT2D eigenvalue weighted by Gasteiger charge is 2.71. The second-order valence-electron chi connectivity index (χ2n) is 20.3. The molecule has 0 spiro atoms. The molecule has 9 atom stereocenters. The molecule has 286 valence electrons. The molecule has 8 heteroatoms. The number of hydrogen-bond acceptors (Lipinski definition) is 6. The third-order valence-electron chi connectivity index (χ3n) is 15.0. The topological polar surface area (TPSA) is 102 Å². The number of carbonyl (C=O) groups is 4. The molecule has 51 heavy (non-hydrogen) atoms. The Morgan fingerprint density at radius 3 is 2.12 bits per heavy atom. The zero-order valence-electron chi connectivity index (χ0n) is 33.9. The van der Waals surface area contributed by atoms with Gasteiger partial charge in [0.15, 0.2) is 0 Å². The van der Waals surface area contributed by atoms with Crippen LogP contribution in [0, 0.1) is 50.2 Å². The van der Waals surface area contributed by atoms with Gasteiger partial charge in [0, 0.05) is 31.3 Å². The van der Waals surface area contributed by atoms with Gasteiger partial charge in [-0.25, -0.2) is 0 Å².